The Morgan fingerprint density at radius 2 is 1.77 bits per heavy atom. The van der Waals surface area contributed by atoms with Gasteiger partial charge in [-0.1, -0.05) is 54.4 Å². The van der Waals surface area contributed by atoms with Gasteiger partial charge in [-0.2, -0.15) is 0 Å². The van der Waals surface area contributed by atoms with E-state index in [0.717, 1.165) is 12.0 Å². The van der Waals surface area contributed by atoms with Gasteiger partial charge in [-0.05, 0) is 44.0 Å². The average molecular weight is 485 g/mol. The molecular weight excluding hydrogens is 458 g/mol. The van der Waals surface area contributed by atoms with Gasteiger partial charge in [0.1, 0.15) is 11.9 Å². The summed E-state index contributed by atoms with van der Waals surface area (Å²) >= 11 is 13.6. The van der Waals surface area contributed by atoms with E-state index in [0.29, 0.717) is 15.6 Å². The second-order valence-corrected chi connectivity index (χ2v) is 9.10. The minimum atomic E-state index is -0.685. The van der Waals surface area contributed by atoms with E-state index in [1.54, 1.807) is 25.1 Å². The van der Waals surface area contributed by atoms with Crippen LogP contribution in [-0.2, 0) is 21.9 Å². The third kappa shape index (κ3) is 7.41. The van der Waals surface area contributed by atoms with Gasteiger partial charge in [-0.15, -0.1) is 11.8 Å². The van der Waals surface area contributed by atoms with Gasteiger partial charge in [0.25, 0.3) is 0 Å². The van der Waals surface area contributed by atoms with Gasteiger partial charge in [-0.3, -0.25) is 9.59 Å². The lowest BCUT2D eigenvalue weighted by Crippen LogP contribution is -2.50. The SMILES string of the molecule is CC[C@H](C)NC(=O)[C@H](C)N(Cc1ccccc1Cl)C(=O)CSCc1c(F)cccc1Cl. The third-order valence-corrected chi connectivity index (χ3v) is 6.67. The Hall–Kier alpha value is -1.76. The minimum Gasteiger partial charge on any atom is -0.352 e. The molecule has 0 aliphatic heterocycles. The number of halogens is 3. The molecule has 0 aromatic heterocycles. The van der Waals surface area contributed by atoms with Crippen molar-refractivity contribution in [1.29, 1.82) is 0 Å². The molecule has 0 spiro atoms. The molecular formula is C23H27Cl2FN2O2S. The second-order valence-electron chi connectivity index (χ2n) is 7.30. The lowest BCUT2D eigenvalue weighted by atomic mass is 10.1. The summed E-state index contributed by atoms with van der Waals surface area (Å²) in [6, 6.07) is 11.0. The number of amides is 2. The quantitative estimate of drug-likeness (QED) is 0.470. The minimum absolute atomic E-state index is 0.00443. The van der Waals surface area contributed by atoms with Crippen molar-refractivity contribution in [3.8, 4) is 0 Å². The highest BCUT2D eigenvalue weighted by Gasteiger charge is 2.27. The zero-order valence-corrected chi connectivity index (χ0v) is 20.2. The normalized spacial score (nSPS) is 12.8. The molecule has 8 heteroatoms. The van der Waals surface area contributed by atoms with Gasteiger partial charge in [-0.25, -0.2) is 4.39 Å². The second kappa shape index (κ2) is 12.3. The van der Waals surface area contributed by atoms with E-state index < -0.39 is 11.9 Å². The molecule has 0 aliphatic carbocycles. The molecule has 4 nitrogen and oxygen atoms in total. The van der Waals surface area contributed by atoms with E-state index in [2.05, 4.69) is 5.32 Å². The third-order valence-electron chi connectivity index (χ3n) is 5.00. The van der Waals surface area contributed by atoms with Crippen molar-refractivity contribution in [2.45, 2.75) is 51.6 Å². The highest BCUT2D eigenvalue weighted by Crippen LogP contribution is 2.25. The van der Waals surface area contributed by atoms with Crippen LogP contribution >= 0.6 is 35.0 Å². The summed E-state index contributed by atoms with van der Waals surface area (Å²) in [6.07, 6.45) is 0.788. The van der Waals surface area contributed by atoms with Crippen molar-refractivity contribution in [2.75, 3.05) is 5.75 Å². The molecule has 2 atom stereocenters. The van der Waals surface area contributed by atoms with Gasteiger partial charge < -0.3 is 10.2 Å². The van der Waals surface area contributed by atoms with E-state index in [1.807, 2.05) is 32.0 Å². The number of thioether (sulfide) groups is 1. The van der Waals surface area contributed by atoms with Crippen molar-refractivity contribution < 1.29 is 14.0 Å². The van der Waals surface area contributed by atoms with Crippen molar-refractivity contribution in [2.24, 2.45) is 0 Å². The van der Waals surface area contributed by atoms with E-state index in [-0.39, 0.29) is 35.9 Å². The maximum Gasteiger partial charge on any atom is 0.242 e. The summed E-state index contributed by atoms with van der Waals surface area (Å²) in [6.45, 7) is 5.80. The number of rotatable bonds is 10. The summed E-state index contributed by atoms with van der Waals surface area (Å²) in [5, 5.41) is 3.78. The first-order valence-electron chi connectivity index (χ1n) is 10.1. The molecule has 0 unspecified atom stereocenters. The van der Waals surface area contributed by atoms with E-state index >= 15 is 0 Å². The zero-order chi connectivity index (χ0) is 23.0. The molecule has 0 saturated carbocycles. The molecule has 0 aliphatic rings. The monoisotopic (exact) mass is 484 g/mol. The fraction of sp³-hybridized carbons (Fsp3) is 0.391. The van der Waals surface area contributed by atoms with E-state index in [4.69, 9.17) is 23.2 Å². The van der Waals surface area contributed by atoms with Crippen LogP contribution in [0.5, 0.6) is 0 Å². The molecule has 2 rings (SSSR count). The molecule has 0 fully saturated rings. The number of nitrogens with one attached hydrogen (secondary N) is 1. The highest BCUT2D eigenvalue weighted by atomic mass is 35.5. The molecule has 0 bridgehead atoms. The Morgan fingerprint density at radius 3 is 2.42 bits per heavy atom. The van der Waals surface area contributed by atoms with E-state index in [1.165, 1.54) is 22.7 Å². The first kappa shape index (κ1) is 25.5. The van der Waals surface area contributed by atoms with Crippen molar-refractivity contribution in [1.82, 2.24) is 10.2 Å². The van der Waals surface area contributed by atoms with Gasteiger partial charge in [0.05, 0.1) is 5.75 Å². The van der Waals surface area contributed by atoms with Gasteiger partial charge >= 0.3 is 0 Å². The van der Waals surface area contributed by atoms with Crippen LogP contribution in [0, 0.1) is 5.82 Å². The topological polar surface area (TPSA) is 49.4 Å². The molecule has 1 N–H and O–H groups in total. The summed E-state index contributed by atoms with van der Waals surface area (Å²) in [7, 11) is 0. The summed E-state index contributed by atoms with van der Waals surface area (Å²) in [5.41, 5.74) is 1.12. The molecule has 0 saturated heterocycles. The maximum absolute atomic E-state index is 14.0. The van der Waals surface area contributed by atoms with Crippen molar-refractivity contribution in [3.63, 3.8) is 0 Å². The average Bonchev–Trinajstić information content (AvgIpc) is 2.74. The van der Waals surface area contributed by atoms with Crippen LogP contribution in [0.3, 0.4) is 0 Å². The number of benzene rings is 2. The Kier molecular flexibility index (Phi) is 10.1. The van der Waals surface area contributed by atoms with Crippen molar-refractivity contribution in [3.05, 3.63) is 69.5 Å². The number of nitrogens with zero attached hydrogens (tertiary/aromatic N) is 1. The standard InChI is InChI=1S/C23H27Cl2FN2O2S/c1-4-15(2)27-23(30)16(3)28(12-17-8-5-6-9-19(17)24)22(29)14-31-13-18-20(25)10-7-11-21(18)26/h5-11,15-16H,4,12-14H2,1-3H3,(H,27,30)/t15-,16-/m0/s1. The van der Waals surface area contributed by atoms with Crippen LogP contribution < -0.4 is 5.32 Å². The largest absolute Gasteiger partial charge is 0.352 e. The maximum atomic E-state index is 14.0. The molecule has 168 valence electrons. The Bertz CT molecular complexity index is 893. The van der Waals surface area contributed by atoms with Crippen LogP contribution in [0.25, 0.3) is 0 Å². The predicted octanol–water partition coefficient (Wildman–Crippen LogP) is 5.70. The number of hydrogen-bond donors (Lipinski definition) is 1. The molecule has 2 aromatic rings. The van der Waals surface area contributed by atoms with Crippen LogP contribution in [0.2, 0.25) is 10.0 Å². The number of hydrogen-bond acceptors (Lipinski definition) is 3. The molecule has 0 heterocycles. The molecule has 31 heavy (non-hydrogen) atoms. The Morgan fingerprint density at radius 1 is 1.10 bits per heavy atom. The first-order chi connectivity index (χ1) is 14.7. The first-order valence-corrected chi connectivity index (χ1v) is 12.0. The van der Waals surface area contributed by atoms with Crippen LogP contribution in [0.1, 0.15) is 38.3 Å². The fourth-order valence-electron chi connectivity index (χ4n) is 2.85. The van der Waals surface area contributed by atoms with Crippen molar-refractivity contribution >= 4 is 46.8 Å². The summed E-state index contributed by atoms with van der Waals surface area (Å²) in [5.74, 6) is -0.525. The van der Waals surface area contributed by atoms with Crippen LogP contribution in [-0.4, -0.2) is 34.6 Å². The number of carbonyl (C=O) groups is 2. The zero-order valence-electron chi connectivity index (χ0n) is 17.8. The fourth-order valence-corrected chi connectivity index (χ4v) is 4.30. The predicted molar refractivity (Wildman–Crippen MR) is 127 cm³/mol. The van der Waals surface area contributed by atoms with Gasteiger partial charge in [0.15, 0.2) is 0 Å². The Balaban J connectivity index is 2.13. The highest BCUT2D eigenvalue weighted by molar-refractivity contribution is 7.99. The molecule has 2 aromatic carbocycles. The molecule has 2 amide bonds. The summed E-state index contributed by atoms with van der Waals surface area (Å²) < 4.78 is 14.0. The Labute approximate surface area is 197 Å². The van der Waals surface area contributed by atoms with Gasteiger partial charge in [0.2, 0.25) is 11.8 Å². The molecule has 0 radical (unpaired) electrons. The smallest absolute Gasteiger partial charge is 0.242 e. The van der Waals surface area contributed by atoms with Crippen LogP contribution in [0.4, 0.5) is 4.39 Å². The number of carbonyl (C=O) groups excluding carboxylic acids is 2. The lowest BCUT2D eigenvalue weighted by Gasteiger charge is -2.30. The van der Waals surface area contributed by atoms with Crippen LogP contribution in [0.15, 0.2) is 42.5 Å². The summed E-state index contributed by atoms with van der Waals surface area (Å²) in [4.78, 5) is 27.3. The van der Waals surface area contributed by atoms with Gasteiger partial charge in [0, 0.05) is 33.9 Å². The van der Waals surface area contributed by atoms with E-state index in [9.17, 15) is 14.0 Å². The lowest BCUT2D eigenvalue weighted by molar-refractivity contribution is -0.138.